The number of rotatable bonds is 6. The molecule has 1 aliphatic heterocycles. The monoisotopic (exact) mass is 419 g/mol. The molecule has 0 bridgehead atoms. The van der Waals surface area contributed by atoms with Crippen molar-refractivity contribution in [3.8, 4) is 11.5 Å². The number of nitrogens with zero attached hydrogens (tertiary/aromatic N) is 4. The summed E-state index contributed by atoms with van der Waals surface area (Å²) in [6, 6.07) is 4.91. The van der Waals surface area contributed by atoms with Crippen LogP contribution in [0.15, 0.2) is 37.7 Å². The summed E-state index contributed by atoms with van der Waals surface area (Å²) in [6.07, 6.45) is 4.82. The molecule has 3 aromatic rings. The lowest BCUT2D eigenvalue weighted by atomic mass is 10.1. The molecule has 2 amide bonds. The number of piperidine rings is 1. The summed E-state index contributed by atoms with van der Waals surface area (Å²) in [5.41, 5.74) is 0.107. The molecule has 1 saturated heterocycles. The number of carbonyl (C=O) groups excluding carboxylic acids is 2. The maximum Gasteiger partial charge on any atom is 0.279 e. The van der Waals surface area contributed by atoms with Crippen molar-refractivity contribution in [2.45, 2.75) is 23.6 Å². The van der Waals surface area contributed by atoms with Gasteiger partial charge in [-0.2, -0.15) is 0 Å². The molecular formula is C17H17N5O4S2. The van der Waals surface area contributed by atoms with E-state index in [-0.39, 0.29) is 11.6 Å². The summed E-state index contributed by atoms with van der Waals surface area (Å²) in [5, 5.41) is 14.7. The Labute approximate surface area is 168 Å². The van der Waals surface area contributed by atoms with Crippen LogP contribution < -0.4 is 5.32 Å². The van der Waals surface area contributed by atoms with Crippen LogP contribution in [-0.2, 0) is 4.79 Å². The lowest BCUT2D eigenvalue weighted by Gasteiger charge is -2.26. The van der Waals surface area contributed by atoms with Crippen molar-refractivity contribution in [3.63, 3.8) is 0 Å². The van der Waals surface area contributed by atoms with E-state index in [1.807, 2.05) is 4.90 Å². The van der Waals surface area contributed by atoms with E-state index in [1.165, 1.54) is 41.8 Å². The van der Waals surface area contributed by atoms with Crippen LogP contribution in [0.4, 0.5) is 5.13 Å². The van der Waals surface area contributed by atoms with E-state index in [9.17, 15) is 9.59 Å². The number of hydrogen-bond donors (Lipinski definition) is 1. The van der Waals surface area contributed by atoms with Crippen molar-refractivity contribution in [2.24, 2.45) is 0 Å². The van der Waals surface area contributed by atoms with E-state index >= 15 is 0 Å². The zero-order valence-electron chi connectivity index (χ0n) is 14.8. The maximum absolute atomic E-state index is 12.3. The first-order chi connectivity index (χ1) is 13.7. The summed E-state index contributed by atoms with van der Waals surface area (Å²) in [4.78, 5) is 26.4. The van der Waals surface area contributed by atoms with E-state index in [1.54, 1.807) is 12.1 Å². The first kappa shape index (κ1) is 18.7. The van der Waals surface area contributed by atoms with Gasteiger partial charge in [-0.3, -0.25) is 14.9 Å². The van der Waals surface area contributed by atoms with Gasteiger partial charge in [-0.25, -0.2) is 0 Å². The van der Waals surface area contributed by atoms with Gasteiger partial charge in [-0.05, 0) is 31.4 Å². The van der Waals surface area contributed by atoms with Gasteiger partial charge in [0.1, 0.15) is 0 Å². The van der Waals surface area contributed by atoms with Gasteiger partial charge >= 0.3 is 0 Å². The molecule has 1 N–H and O–H groups in total. The zero-order valence-corrected chi connectivity index (χ0v) is 16.4. The van der Waals surface area contributed by atoms with E-state index < -0.39 is 5.91 Å². The van der Waals surface area contributed by atoms with E-state index in [4.69, 9.17) is 8.94 Å². The molecule has 1 fully saturated rings. The van der Waals surface area contributed by atoms with Gasteiger partial charge in [-0.15, -0.1) is 10.2 Å². The van der Waals surface area contributed by atoms with Gasteiger partial charge in [0.15, 0.2) is 15.8 Å². The largest absolute Gasteiger partial charge is 0.461 e. The number of thioether (sulfide) groups is 1. The van der Waals surface area contributed by atoms with E-state index in [0.29, 0.717) is 26.7 Å². The van der Waals surface area contributed by atoms with Gasteiger partial charge in [0, 0.05) is 19.2 Å². The number of carbonyl (C=O) groups is 2. The Bertz CT molecular complexity index is 947. The van der Waals surface area contributed by atoms with Crippen molar-refractivity contribution in [1.82, 2.24) is 20.3 Å². The number of likely N-dealkylation sites (tertiary alicyclic amines) is 1. The predicted octanol–water partition coefficient (Wildman–Crippen LogP) is 3.14. The highest BCUT2D eigenvalue weighted by molar-refractivity contribution is 8.01. The molecule has 9 nitrogen and oxygen atoms in total. The highest BCUT2D eigenvalue weighted by Crippen LogP contribution is 2.27. The van der Waals surface area contributed by atoms with Crippen LogP contribution in [0.3, 0.4) is 0 Å². The molecule has 0 atom stereocenters. The fourth-order valence-corrected chi connectivity index (χ4v) is 4.40. The number of hydrogen-bond acceptors (Lipinski definition) is 9. The molecular weight excluding hydrogens is 402 g/mol. The van der Waals surface area contributed by atoms with Crippen LogP contribution in [0.2, 0.25) is 0 Å². The van der Waals surface area contributed by atoms with Gasteiger partial charge < -0.3 is 13.8 Å². The highest BCUT2D eigenvalue weighted by atomic mass is 32.2. The van der Waals surface area contributed by atoms with Crippen LogP contribution >= 0.6 is 23.1 Å². The fraction of sp³-hybridized carbons (Fsp3) is 0.353. The lowest BCUT2D eigenvalue weighted by molar-refractivity contribution is -0.129. The van der Waals surface area contributed by atoms with Crippen LogP contribution in [0.25, 0.3) is 11.5 Å². The maximum atomic E-state index is 12.3. The Kier molecular flexibility index (Phi) is 5.72. The minimum atomic E-state index is -0.460. The summed E-state index contributed by atoms with van der Waals surface area (Å²) in [7, 11) is 0. The zero-order chi connectivity index (χ0) is 19.3. The Balaban J connectivity index is 1.30. The third kappa shape index (κ3) is 4.42. The van der Waals surface area contributed by atoms with Crippen molar-refractivity contribution < 1.29 is 18.5 Å². The Morgan fingerprint density at radius 2 is 2.07 bits per heavy atom. The third-order valence-corrected chi connectivity index (χ3v) is 6.12. The molecule has 0 radical (unpaired) electrons. The summed E-state index contributed by atoms with van der Waals surface area (Å²) >= 11 is 2.53. The van der Waals surface area contributed by atoms with Gasteiger partial charge in [-0.1, -0.05) is 28.3 Å². The second kappa shape index (κ2) is 8.57. The van der Waals surface area contributed by atoms with E-state index in [0.717, 1.165) is 25.9 Å². The minimum absolute atomic E-state index is 0.107. The third-order valence-electron chi connectivity index (χ3n) is 4.16. The van der Waals surface area contributed by atoms with Gasteiger partial charge in [0.25, 0.3) is 5.91 Å². The molecule has 3 aromatic heterocycles. The standard InChI is InChI=1S/C17H17N5O4S2/c23-14(22-6-2-1-3-7-22)10-27-17-20-19-16(28-17)18-15(24)11-9-13(26-21-11)12-5-4-8-25-12/h4-5,8-9H,1-3,6-7,10H2,(H,18,19,24). The van der Waals surface area contributed by atoms with Crippen LogP contribution in [0.5, 0.6) is 0 Å². The number of furan rings is 1. The normalized spacial score (nSPS) is 14.2. The Morgan fingerprint density at radius 1 is 1.21 bits per heavy atom. The summed E-state index contributed by atoms with van der Waals surface area (Å²) < 4.78 is 10.9. The first-order valence-corrected chi connectivity index (χ1v) is 10.6. The summed E-state index contributed by atoms with van der Waals surface area (Å²) in [5.74, 6) is 0.815. The number of aromatic nitrogens is 3. The van der Waals surface area contributed by atoms with Crippen molar-refractivity contribution in [3.05, 3.63) is 30.2 Å². The average Bonchev–Trinajstić information content (AvgIpc) is 3.47. The Hall–Kier alpha value is -2.66. The SMILES string of the molecule is O=C(Nc1nnc(SCC(=O)N2CCCCC2)s1)c1cc(-c2ccco2)on1. The van der Waals surface area contributed by atoms with Crippen LogP contribution in [0.1, 0.15) is 29.8 Å². The second-order valence-corrected chi connectivity index (χ2v) is 8.31. The molecule has 11 heteroatoms. The van der Waals surface area contributed by atoms with Crippen molar-refractivity contribution in [1.29, 1.82) is 0 Å². The Morgan fingerprint density at radius 3 is 2.86 bits per heavy atom. The molecule has 0 saturated carbocycles. The highest BCUT2D eigenvalue weighted by Gasteiger charge is 2.19. The lowest BCUT2D eigenvalue weighted by Crippen LogP contribution is -2.36. The molecule has 1 aliphatic rings. The van der Waals surface area contributed by atoms with Crippen molar-refractivity contribution in [2.75, 3.05) is 24.2 Å². The molecule has 4 heterocycles. The minimum Gasteiger partial charge on any atom is -0.461 e. The average molecular weight is 419 g/mol. The topological polar surface area (TPSA) is 114 Å². The smallest absolute Gasteiger partial charge is 0.279 e. The number of anilines is 1. The van der Waals surface area contributed by atoms with Gasteiger partial charge in [0.05, 0.1) is 12.0 Å². The molecule has 0 unspecified atom stereocenters. The molecule has 28 heavy (non-hydrogen) atoms. The van der Waals surface area contributed by atoms with Crippen molar-refractivity contribution >= 4 is 40.0 Å². The van der Waals surface area contributed by atoms with Crippen LogP contribution in [0, 0.1) is 0 Å². The van der Waals surface area contributed by atoms with Crippen LogP contribution in [-0.4, -0.2) is 50.9 Å². The predicted molar refractivity (Wildman–Crippen MR) is 103 cm³/mol. The number of amides is 2. The molecule has 0 spiro atoms. The number of nitrogens with one attached hydrogen (secondary N) is 1. The quantitative estimate of drug-likeness (QED) is 0.479. The summed E-state index contributed by atoms with van der Waals surface area (Å²) in [6.45, 7) is 1.66. The fourth-order valence-electron chi connectivity index (χ4n) is 2.75. The van der Waals surface area contributed by atoms with Gasteiger partial charge in [0.2, 0.25) is 16.8 Å². The molecule has 146 valence electrons. The first-order valence-electron chi connectivity index (χ1n) is 8.75. The second-order valence-electron chi connectivity index (χ2n) is 6.11. The molecule has 0 aromatic carbocycles. The van der Waals surface area contributed by atoms with E-state index in [2.05, 4.69) is 20.7 Å². The molecule has 0 aliphatic carbocycles. The molecule has 4 rings (SSSR count).